The van der Waals surface area contributed by atoms with Crippen molar-refractivity contribution in [3.05, 3.63) is 0 Å². The average Bonchev–Trinajstić information content (AvgIpc) is 2.42. The van der Waals surface area contributed by atoms with Gasteiger partial charge < -0.3 is 9.29 Å². The molecular weight excluding hydrogens is 315 g/mol. The van der Waals surface area contributed by atoms with Gasteiger partial charge in [0.15, 0.2) is 0 Å². The average molecular weight is 344 g/mol. The van der Waals surface area contributed by atoms with E-state index in [9.17, 15) is 17.8 Å². The van der Waals surface area contributed by atoms with Crippen molar-refractivity contribution in [3.63, 3.8) is 0 Å². The van der Waals surface area contributed by atoms with Crippen LogP contribution in [0.3, 0.4) is 0 Å². The van der Waals surface area contributed by atoms with E-state index in [0.717, 1.165) is 26.4 Å². The zero-order chi connectivity index (χ0) is 16.1. The molecule has 22 heavy (non-hydrogen) atoms. The number of unbranched alkanes of at least 4 members (excludes halogenated alkanes) is 9. The molecule has 0 aliphatic heterocycles. The Morgan fingerprint density at radius 3 is 1.73 bits per heavy atom. The van der Waals surface area contributed by atoms with Crippen molar-refractivity contribution in [1.29, 1.82) is 0 Å². The van der Waals surface area contributed by atoms with Gasteiger partial charge in [0.25, 0.3) is 0 Å². The molecule has 0 fully saturated rings. The maximum atomic E-state index is 11.2. The molecule has 0 radical (unpaired) electrons. The molecule has 0 bridgehead atoms. The van der Waals surface area contributed by atoms with Gasteiger partial charge in [-0.3, -0.25) is 4.79 Å². The summed E-state index contributed by atoms with van der Waals surface area (Å²) in [4.78, 5) is 11.2. The molecule has 0 spiro atoms. The summed E-state index contributed by atoms with van der Waals surface area (Å²) in [6.07, 6.45) is 11.2. The molecule has 5 nitrogen and oxygen atoms in total. The molecule has 0 aromatic carbocycles. The second-order valence-corrected chi connectivity index (χ2v) is 7.03. The number of methoxy groups -OCH3 is 1. The zero-order valence-electron chi connectivity index (χ0n) is 14.3. The van der Waals surface area contributed by atoms with Crippen molar-refractivity contribution in [2.24, 2.45) is 0 Å². The van der Waals surface area contributed by atoms with Gasteiger partial charge in [-0.15, -0.1) is 0 Å². The molecule has 0 rings (SSSR count). The van der Waals surface area contributed by atoms with Crippen LogP contribution in [0.2, 0.25) is 0 Å². The predicted molar refractivity (Wildman–Crippen MR) is 82.0 cm³/mol. The Labute approximate surface area is 157 Å². The van der Waals surface area contributed by atoms with Gasteiger partial charge in [-0.2, -0.15) is 0 Å². The first-order valence-electron chi connectivity index (χ1n) is 7.96. The van der Waals surface area contributed by atoms with Crippen LogP contribution in [0.15, 0.2) is 0 Å². The fourth-order valence-electron chi connectivity index (χ4n) is 2.33. The minimum Gasteiger partial charge on any atom is -0.747 e. The van der Waals surface area contributed by atoms with Crippen molar-refractivity contribution >= 4 is 16.1 Å². The number of esters is 1. The molecular formula is C15H29NaO5S. The van der Waals surface area contributed by atoms with E-state index in [1.54, 1.807) is 0 Å². The van der Waals surface area contributed by atoms with E-state index in [0.29, 0.717) is 6.42 Å². The van der Waals surface area contributed by atoms with Crippen LogP contribution < -0.4 is 29.6 Å². The quantitative estimate of drug-likeness (QED) is 0.209. The van der Waals surface area contributed by atoms with Crippen molar-refractivity contribution in [3.8, 4) is 0 Å². The van der Waals surface area contributed by atoms with Crippen LogP contribution in [0.1, 0.15) is 77.6 Å². The first kappa shape index (κ1) is 24.6. The van der Waals surface area contributed by atoms with Crippen LogP contribution in [0.25, 0.3) is 0 Å². The fraction of sp³-hybridized carbons (Fsp3) is 0.933. The molecule has 0 N–H and O–H groups in total. The summed E-state index contributed by atoms with van der Waals surface area (Å²) in [5.74, 6) is -0.944. The van der Waals surface area contributed by atoms with Crippen LogP contribution in [0, 0.1) is 0 Å². The Kier molecular flexibility index (Phi) is 16.7. The Morgan fingerprint density at radius 1 is 0.955 bits per heavy atom. The third-order valence-corrected chi connectivity index (χ3v) is 4.76. The Morgan fingerprint density at radius 2 is 1.36 bits per heavy atom. The van der Waals surface area contributed by atoms with Gasteiger partial charge >= 0.3 is 35.5 Å². The first-order chi connectivity index (χ1) is 9.93. The molecule has 126 valence electrons. The molecule has 0 amide bonds. The first-order valence-corrected chi connectivity index (χ1v) is 9.43. The van der Waals surface area contributed by atoms with E-state index in [-0.39, 0.29) is 36.0 Å². The number of hydrogen-bond acceptors (Lipinski definition) is 5. The maximum Gasteiger partial charge on any atom is 1.00 e. The normalized spacial score (nSPS) is 12.5. The number of ether oxygens (including phenoxy) is 1. The number of carbonyl (C=O) groups excluding carboxylic acids is 1. The largest absolute Gasteiger partial charge is 1.00 e. The summed E-state index contributed by atoms with van der Waals surface area (Å²) in [5, 5.41) is -1.54. The summed E-state index contributed by atoms with van der Waals surface area (Å²) >= 11 is 0. The Bertz CT molecular complexity index is 370. The van der Waals surface area contributed by atoms with Crippen LogP contribution in [-0.2, 0) is 19.6 Å². The third-order valence-electron chi connectivity index (χ3n) is 3.63. The van der Waals surface area contributed by atoms with Gasteiger partial charge in [0.05, 0.1) is 7.11 Å². The van der Waals surface area contributed by atoms with Gasteiger partial charge in [-0.05, 0) is 6.42 Å². The monoisotopic (exact) mass is 344 g/mol. The standard InChI is InChI=1S/C15H30O5S.Na/c1-3-4-5-6-7-8-9-10-11-12-13-14(15(16)20-2)21(17,18)19;/h14H,3-13H2,1-2H3,(H,17,18,19);/q;+1/p-1. The minimum absolute atomic E-state index is 0. The number of rotatable bonds is 13. The smallest absolute Gasteiger partial charge is 0.747 e. The molecule has 0 aromatic heterocycles. The van der Waals surface area contributed by atoms with Crippen molar-refractivity contribution in [2.45, 2.75) is 82.8 Å². The summed E-state index contributed by atoms with van der Waals surface area (Å²) in [7, 11) is -3.51. The molecule has 7 heteroatoms. The van der Waals surface area contributed by atoms with E-state index in [1.165, 1.54) is 38.5 Å². The van der Waals surface area contributed by atoms with Gasteiger partial charge in [0.2, 0.25) is 0 Å². The molecule has 0 aromatic rings. The SMILES string of the molecule is CCCCCCCCCCCCC(C(=O)OC)S(=O)(=O)[O-].[Na+]. The summed E-state index contributed by atoms with van der Waals surface area (Å²) in [6.45, 7) is 2.20. The molecule has 0 saturated heterocycles. The topological polar surface area (TPSA) is 83.5 Å². The molecule has 1 unspecified atom stereocenters. The summed E-state index contributed by atoms with van der Waals surface area (Å²) < 4.78 is 37.3. The molecule has 0 aliphatic carbocycles. The van der Waals surface area contributed by atoms with E-state index in [1.807, 2.05) is 0 Å². The maximum absolute atomic E-state index is 11.2. The second kappa shape index (κ2) is 14.9. The van der Waals surface area contributed by atoms with E-state index >= 15 is 0 Å². The van der Waals surface area contributed by atoms with Gasteiger partial charge in [0.1, 0.15) is 15.4 Å². The van der Waals surface area contributed by atoms with Crippen molar-refractivity contribution < 1.29 is 52.1 Å². The van der Waals surface area contributed by atoms with Crippen LogP contribution in [0.5, 0.6) is 0 Å². The van der Waals surface area contributed by atoms with Crippen molar-refractivity contribution in [1.82, 2.24) is 0 Å². The van der Waals surface area contributed by atoms with Gasteiger partial charge in [-0.25, -0.2) is 8.42 Å². The fourth-order valence-corrected chi connectivity index (χ4v) is 3.12. The van der Waals surface area contributed by atoms with E-state index in [2.05, 4.69) is 11.7 Å². The molecule has 1 atom stereocenters. The molecule has 0 saturated carbocycles. The summed E-state index contributed by atoms with van der Waals surface area (Å²) in [5.41, 5.74) is 0. The second-order valence-electron chi connectivity index (χ2n) is 5.48. The molecule has 0 aliphatic rings. The predicted octanol–water partition coefficient (Wildman–Crippen LogP) is 0.388. The van der Waals surface area contributed by atoms with Crippen LogP contribution in [-0.4, -0.2) is 31.3 Å². The number of carbonyl (C=O) groups is 1. The summed E-state index contributed by atoms with van der Waals surface area (Å²) in [6, 6.07) is 0. The van der Waals surface area contributed by atoms with Crippen molar-refractivity contribution in [2.75, 3.05) is 7.11 Å². The van der Waals surface area contributed by atoms with Gasteiger partial charge in [-0.1, -0.05) is 71.1 Å². The Balaban J connectivity index is 0. The zero-order valence-corrected chi connectivity index (χ0v) is 17.1. The minimum atomic E-state index is -4.61. The Hall–Kier alpha value is 0.380. The van der Waals surface area contributed by atoms with Gasteiger partial charge in [0, 0.05) is 0 Å². The molecule has 0 heterocycles. The number of hydrogen-bond donors (Lipinski definition) is 0. The van der Waals surface area contributed by atoms with E-state index in [4.69, 9.17) is 0 Å². The van der Waals surface area contributed by atoms with E-state index < -0.39 is 21.3 Å². The van der Waals surface area contributed by atoms with Crippen LogP contribution in [0.4, 0.5) is 0 Å². The van der Waals surface area contributed by atoms with Crippen LogP contribution >= 0.6 is 0 Å². The third kappa shape index (κ3) is 12.9.